The maximum absolute atomic E-state index is 11.4. The Hall–Kier alpha value is -1.12. The number of nitriles is 1. The SMILES string of the molecule is COCCOCCCN1CC(C#N)CC1=O. The highest BCUT2D eigenvalue weighted by molar-refractivity contribution is 5.79. The Morgan fingerprint density at radius 3 is 2.94 bits per heavy atom. The lowest BCUT2D eigenvalue weighted by molar-refractivity contribution is -0.127. The highest BCUT2D eigenvalue weighted by Crippen LogP contribution is 2.16. The molecule has 0 N–H and O–H groups in total. The molecule has 0 radical (unpaired) electrons. The van der Waals surface area contributed by atoms with Gasteiger partial charge in [0.05, 0.1) is 25.2 Å². The Balaban J connectivity index is 2.05. The first-order valence-electron chi connectivity index (χ1n) is 5.52. The molecule has 16 heavy (non-hydrogen) atoms. The second-order valence-electron chi connectivity index (χ2n) is 3.83. The molecule has 1 aliphatic rings. The van der Waals surface area contributed by atoms with E-state index in [1.54, 1.807) is 12.0 Å². The van der Waals surface area contributed by atoms with Crippen LogP contribution in [0.15, 0.2) is 0 Å². The van der Waals surface area contributed by atoms with Crippen LogP contribution in [-0.4, -0.2) is 50.8 Å². The van der Waals surface area contributed by atoms with Gasteiger partial charge in [-0.3, -0.25) is 4.79 Å². The Morgan fingerprint density at radius 1 is 1.50 bits per heavy atom. The van der Waals surface area contributed by atoms with Gasteiger partial charge in [-0.15, -0.1) is 0 Å². The third kappa shape index (κ3) is 4.17. The highest BCUT2D eigenvalue weighted by atomic mass is 16.5. The standard InChI is InChI=1S/C11H18N2O3/c1-15-5-6-16-4-2-3-13-9-10(8-12)7-11(13)14/h10H,2-7,9H2,1H3. The molecular weight excluding hydrogens is 208 g/mol. The van der Waals surface area contributed by atoms with Crippen molar-refractivity contribution < 1.29 is 14.3 Å². The molecule has 1 amide bonds. The van der Waals surface area contributed by atoms with Gasteiger partial charge in [-0.1, -0.05) is 0 Å². The average molecular weight is 226 g/mol. The molecule has 0 aromatic rings. The molecule has 1 rings (SSSR count). The zero-order chi connectivity index (χ0) is 11.8. The van der Waals surface area contributed by atoms with Crippen LogP contribution >= 0.6 is 0 Å². The molecule has 1 unspecified atom stereocenters. The van der Waals surface area contributed by atoms with Gasteiger partial charge in [0.2, 0.25) is 5.91 Å². The van der Waals surface area contributed by atoms with Crippen LogP contribution in [0.2, 0.25) is 0 Å². The van der Waals surface area contributed by atoms with Crippen molar-refractivity contribution in [3.63, 3.8) is 0 Å². The molecule has 0 aliphatic carbocycles. The van der Waals surface area contributed by atoms with Crippen molar-refractivity contribution in [1.29, 1.82) is 5.26 Å². The van der Waals surface area contributed by atoms with Crippen molar-refractivity contribution in [3.05, 3.63) is 0 Å². The van der Waals surface area contributed by atoms with E-state index in [4.69, 9.17) is 14.7 Å². The van der Waals surface area contributed by atoms with Crippen molar-refractivity contribution in [2.45, 2.75) is 12.8 Å². The molecule has 0 spiro atoms. The third-order valence-electron chi connectivity index (χ3n) is 2.55. The number of methoxy groups -OCH3 is 1. The van der Waals surface area contributed by atoms with Gasteiger partial charge in [-0.05, 0) is 6.42 Å². The van der Waals surface area contributed by atoms with Crippen molar-refractivity contribution in [2.24, 2.45) is 5.92 Å². The lowest BCUT2D eigenvalue weighted by Crippen LogP contribution is -2.27. The molecule has 90 valence electrons. The second kappa shape index (κ2) is 7.20. The lowest BCUT2D eigenvalue weighted by atomic mass is 10.1. The Kier molecular flexibility index (Phi) is 5.83. The number of carbonyl (C=O) groups excluding carboxylic acids is 1. The van der Waals surface area contributed by atoms with Gasteiger partial charge in [0, 0.05) is 33.2 Å². The summed E-state index contributed by atoms with van der Waals surface area (Å²) >= 11 is 0. The Morgan fingerprint density at radius 2 is 2.31 bits per heavy atom. The first-order valence-corrected chi connectivity index (χ1v) is 5.52. The van der Waals surface area contributed by atoms with Gasteiger partial charge in [0.25, 0.3) is 0 Å². The van der Waals surface area contributed by atoms with Gasteiger partial charge >= 0.3 is 0 Å². The van der Waals surface area contributed by atoms with Crippen LogP contribution in [0, 0.1) is 17.2 Å². The molecule has 1 heterocycles. The summed E-state index contributed by atoms with van der Waals surface area (Å²) in [5.74, 6) is -0.0367. The van der Waals surface area contributed by atoms with Crippen molar-refractivity contribution >= 4 is 5.91 Å². The number of nitrogens with zero attached hydrogens (tertiary/aromatic N) is 2. The summed E-state index contributed by atoms with van der Waals surface area (Å²) in [7, 11) is 1.63. The normalized spacial score (nSPS) is 20.1. The van der Waals surface area contributed by atoms with Crippen molar-refractivity contribution in [2.75, 3.05) is 40.0 Å². The number of hydrogen-bond acceptors (Lipinski definition) is 4. The van der Waals surface area contributed by atoms with Gasteiger partial charge in [-0.2, -0.15) is 5.26 Å². The summed E-state index contributed by atoms with van der Waals surface area (Å²) in [6.07, 6.45) is 1.19. The van der Waals surface area contributed by atoms with Crippen LogP contribution < -0.4 is 0 Å². The summed E-state index contributed by atoms with van der Waals surface area (Å²) < 4.78 is 10.1. The number of ether oxygens (including phenoxy) is 2. The van der Waals surface area contributed by atoms with E-state index in [0.29, 0.717) is 39.3 Å². The van der Waals surface area contributed by atoms with Gasteiger partial charge in [0.1, 0.15) is 0 Å². The van der Waals surface area contributed by atoms with E-state index in [-0.39, 0.29) is 11.8 Å². The third-order valence-corrected chi connectivity index (χ3v) is 2.55. The summed E-state index contributed by atoms with van der Waals surface area (Å²) in [6.45, 7) is 3.08. The van der Waals surface area contributed by atoms with E-state index in [1.807, 2.05) is 0 Å². The van der Waals surface area contributed by atoms with Gasteiger partial charge in [-0.25, -0.2) is 0 Å². The number of carbonyl (C=O) groups is 1. The summed E-state index contributed by atoms with van der Waals surface area (Å²) in [5, 5.41) is 8.70. The van der Waals surface area contributed by atoms with Crippen LogP contribution in [-0.2, 0) is 14.3 Å². The molecule has 1 atom stereocenters. The smallest absolute Gasteiger partial charge is 0.224 e. The van der Waals surface area contributed by atoms with E-state index in [1.165, 1.54) is 0 Å². The van der Waals surface area contributed by atoms with E-state index < -0.39 is 0 Å². The Bertz CT molecular complexity index is 262. The monoisotopic (exact) mass is 226 g/mol. The maximum atomic E-state index is 11.4. The van der Waals surface area contributed by atoms with E-state index in [0.717, 1.165) is 6.42 Å². The van der Waals surface area contributed by atoms with Crippen molar-refractivity contribution in [1.82, 2.24) is 4.90 Å². The molecule has 5 heteroatoms. The summed E-state index contributed by atoms with van der Waals surface area (Å²) in [6, 6.07) is 2.13. The Labute approximate surface area is 95.9 Å². The van der Waals surface area contributed by atoms with Gasteiger partial charge < -0.3 is 14.4 Å². The maximum Gasteiger partial charge on any atom is 0.224 e. The summed E-state index contributed by atoms with van der Waals surface area (Å²) in [4.78, 5) is 13.2. The van der Waals surface area contributed by atoms with Crippen LogP contribution in [0.25, 0.3) is 0 Å². The number of likely N-dealkylation sites (tertiary alicyclic amines) is 1. The minimum atomic E-state index is -0.123. The van der Waals surface area contributed by atoms with Crippen molar-refractivity contribution in [3.8, 4) is 6.07 Å². The van der Waals surface area contributed by atoms with E-state index in [9.17, 15) is 4.79 Å². The van der Waals surface area contributed by atoms with E-state index in [2.05, 4.69) is 6.07 Å². The number of amides is 1. The van der Waals surface area contributed by atoms with Crippen LogP contribution in [0.1, 0.15) is 12.8 Å². The van der Waals surface area contributed by atoms with Crippen LogP contribution in [0.5, 0.6) is 0 Å². The molecule has 1 fully saturated rings. The predicted molar refractivity (Wildman–Crippen MR) is 57.6 cm³/mol. The predicted octanol–water partition coefficient (Wildman–Crippen LogP) is 0.412. The summed E-state index contributed by atoms with van der Waals surface area (Å²) in [5.41, 5.74) is 0. The molecule has 1 aliphatic heterocycles. The minimum absolute atomic E-state index is 0.0865. The lowest BCUT2D eigenvalue weighted by Gasteiger charge is -2.15. The fourth-order valence-electron chi connectivity index (χ4n) is 1.68. The number of hydrogen-bond donors (Lipinski definition) is 0. The van der Waals surface area contributed by atoms with E-state index >= 15 is 0 Å². The largest absolute Gasteiger partial charge is 0.382 e. The molecule has 0 aromatic carbocycles. The fraction of sp³-hybridized carbons (Fsp3) is 0.818. The highest BCUT2D eigenvalue weighted by Gasteiger charge is 2.28. The fourth-order valence-corrected chi connectivity index (χ4v) is 1.68. The zero-order valence-electron chi connectivity index (χ0n) is 9.65. The van der Waals surface area contributed by atoms with Gasteiger partial charge in [0.15, 0.2) is 0 Å². The molecule has 0 bridgehead atoms. The molecule has 1 saturated heterocycles. The molecule has 0 aromatic heterocycles. The number of rotatable bonds is 7. The topological polar surface area (TPSA) is 62.6 Å². The quantitative estimate of drug-likeness (QED) is 0.590. The molecular formula is C11H18N2O3. The van der Waals surface area contributed by atoms with Crippen LogP contribution in [0.4, 0.5) is 0 Å². The molecule has 0 saturated carbocycles. The minimum Gasteiger partial charge on any atom is -0.382 e. The second-order valence-corrected chi connectivity index (χ2v) is 3.83. The molecule has 5 nitrogen and oxygen atoms in total. The average Bonchev–Trinajstić information content (AvgIpc) is 2.65. The van der Waals surface area contributed by atoms with Crippen LogP contribution in [0.3, 0.4) is 0 Å². The first-order chi connectivity index (χ1) is 7.77. The first kappa shape index (κ1) is 12.9. The zero-order valence-corrected chi connectivity index (χ0v) is 9.65.